The molecule has 0 N–H and O–H groups in total. The number of fused-ring (bicyclic) bond motifs is 1. The topological polar surface area (TPSA) is 4.10 Å². The van der Waals surface area contributed by atoms with Crippen LogP contribution in [0.5, 0.6) is 0 Å². The summed E-state index contributed by atoms with van der Waals surface area (Å²) in [7, 11) is 0. The van der Waals surface area contributed by atoms with E-state index in [0.717, 1.165) is 0 Å². The summed E-state index contributed by atoms with van der Waals surface area (Å²) in [4.78, 5) is 0. The zero-order valence-corrected chi connectivity index (χ0v) is 7.41. The van der Waals surface area contributed by atoms with Crippen LogP contribution >= 0.6 is 0 Å². The van der Waals surface area contributed by atoms with Crippen molar-refractivity contribution in [1.29, 1.82) is 0 Å². The van der Waals surface area contributed by atoms with Gasteiger partial charge in [0.1, 0.15) is 0 Å². The van der Waals surface area contributed by atoms with E-state index < -0.39 is 0 Å². The van der Waals surface area contributed by atoms with Crippen molar-refractivity contribution in [3.05, 3.63) is 47.8 Å². The minimum absolute atomic E-state index is 1.25. The average Bonchev–Trinajstić information content (AvgIpc) is 2.07. The second-order valence-electron chi connectivity index (χ2n) is 3.17. The van der Waals surface area contributed by atoms with E-state index in [1.54, 1.807) is 0 Å². The van der Waals surface area contributed by atoms with Crippen molar-refractivity contribution in [2.24, 2.45) is 0 Å². The Bertz CT molecular complexity index is 378. The molecule has 0 aliphatic rings. The fourth-order valence-corrected chi connectivity index (χ4v) is 1.36. The molecule has 1 nitrogen and oxygen atoms in total. The molecule has 0 spiro atoms. The highest BCUT2D eigenvalue weighted by molar-refractivity contribution is 5.42. The zero-order chi connectivity index (χ0) is 8.55. The fraction of sp³-hybridized carbons (Fsp3) is 0.182. The molecule has 0 aromatic carbocycles. The molecule has 0 atom stereocenters. The van der Waals surface area contributed by atoms with Gasteiger partial charge in [-0.15, -0.1) is 0 Å². The minimum atomic E-state index is 1.25. The molecule has 0 unspecified atom stereocenters. The van der Waals surface area contributed by atoms with Gasteiger partial charge < -0.3 is 0 Å². The predicted molar refractivity (Wildman–Crippen MR) is 49.1 cm³/mol. The highest BCUT2D eigenvalue weighted by Crippen LogP contribution is 2.05. The summed E-state index contributed by atoms with van der Waals surface area (Å²) in [6, 6.07) is 8.42. The van der Waals surface area contributed by atoms with E-state index in [-0.39, 0.29) is 0 Å². The number of rotatable bonds is 0. The monoisotopic (exact) mass is 158 g/mol. The SMILES string of the molecule is Cc1cc2cccc[n+]2cc1C. The molecule has 2 aromatic heterocycles. The summed E-state index contributed by atoms with van der Waals surface area (Å²) in [5.74, 6) is 0. The molecule has 0 saturated heterocycles. The van der Waals surface area contributed by atoms with Crippen LogP contribution < -0.4 is 4.40 Å². The molecule has 0 bridgehead atoms. The molecule has 0 radical (unpaired) electrons. The Balaban J connectivity index is 2.84. The Morgan fingerprint density at radius 2 is 1.92 bits per heavy atom. The van der Waals surface area contributed by atoms with Crippen molar-refractivity contribution in [2.45, 2.75) is 13.8 Å². The summed E-state index contributed by atoms with van der Waals surface area (Å²) >= 11 is 0. The van der Waals surface area contributed by atoms with Crippen LogP contribution in [0.2, 0.25) is 0 Å². The number of hydrogen-bond donors (Lipinski definition) is 0. The minimum Gasteiger partial charge on any atom is -0.167 e. The Hall–Kier alpha value is -1.37. The first-order chi connectivity index (χ1) is 5.77. The normalized spacial score (nSPS) is 10.5. The van der Waals surface area contributed by atoms with Crippen LogP contribution in [0.3, 0.4) is 0 Å². The van der Waals surface area contributed by atoms with E-state index in [4.69, 9.17) is 0 Å². The number of nitrogens with zero attached hydrogens (tertiary/aromatic N) is 1. The molecule has 2 heterocycles. The van der Waals surface area contributed by atoms with Gasteiger partial charge in [-0.1, -0.05) is 0 Å². The summed E-state index contributed by atoms with van der Waals surface area (Å²) < 4.78 is 2.14. The maximum atomic E-state index is 2.20. The first-order valence-electron chi connectivity index (χ1n) is 4.14. The van der Waals surface area contributed by atoms with Gasteiger partial charge in [-0.05, 0) is 25.5 Å². The summed E-state index contributed by atoms with van der Waals surface area (Å²) in [6.45, 7) is 4.27. The fourth-order valence-electron chi connectivity index (χ4n) is 1.36. The number of aryl methyl sites for hydroxylation is 2. The lowest BCUT2D eigenvalue weighted by molar-refractivity contribution is -0.512. The second-order valence-corrected chi connectivity index (χ2v) is 3.17. The zero-order valence-electron chi connectivity index (χ0n) is 7.41. The van der Waals surface area contributed by atoms with Gasteiger partial charge in [0.2, 0.25) is 5.52 Å². The van der Waals surface area contributed by atoms with Crippen molar-refractivity contribution in [2.75, 3.05) is 0 Å². The van der Waals surface area contributed by atoms with Gasteiger partial charge in [-0.25, -0.2) is 0 Å². The van der Waals surface area contributed by atoms with Crippen LogP contribution in [0.15, 0.2) is 36.7 Å². The van der Waals surface area contributed by atoms with Crippen molar-refractivity contribution >= 4 is 5.52 Å². The maximum Gasteiger partial charge on any atom is 0.210 e. The average molecular weight is 158 g/mol. The quantitative estimate of drug-likeness (QED) is 0.517. The van der Waals surface area contributed by atoms with E-state index in [1.165, 1.54) is 16.6 Å². The van der Waals surface area contributed by atoms with E-state index in [0.29, 0.717) is 0 Å². The van der Waals surface area contributed by atoms with E-state index >= 15 is 0 Å². The summed E-state index contributed by atoms with van der Waals surface area (Å²) in [5.41, 5.74) is 3.93. The lowest BCUT2D eigenvalue weighted by atomic mass is 10.1. The highest BCUT2D eigenvalue weighted by atomic mass is 14.8. The molecule has 60 valence electrons. The van der Waals surface area contributed by atoms with Crippen LogP contribution in [0, 0.1) is 13.8 Å². The van der Waals surface area contributed by atoms with E-state index in [9.17, 15) is 0 Å². The first kappa shape index (κ1) is 7.29. The maximum absolute atomic E-state index is 2.20. The van der Waals surface area contributed by atoms with Crippen LogP contribution in [-0.4, -0.2) is 0 Å². The molecule has 0 saturated carbocycles. The van der Waals surface area contributed by atoms with Gasteiger partial charge in [0.15, 0.2) is 12.4 Å². The molecular formula is C11H12N+. The van der Waals surface area contributed by atoms with Gasteiger partial charge in [0.25, 0.3) is 0 Å². The van der Waals surface area contributed by atoms with Gasteiger partial charge in [0, 0.05) is 23.8 Å². The lowest BCUT2D eigenvalue weighted by Gasteiger charge is -1.96. The van der Waals surface area contributed by atoms with Crippen LogP contribution in [0.25, 0.3) is 5.52 Å². The molecular weight excluding hydrogens is 146 g/mol. The Kier molecular flexibility index (Phi) is 1.58. The molecule has 0 aliphatic carbocycles. The van der Waals surface area contributed by atoms with Gasteiger partial charge in [-0.2, -0.15) is 4.40 Å². The Labute approximate surface area is 72.3 Å². The third-order valence-electron chi connectivity index (χ3n) is 2.24. The number of aromatic nitrogens is 1. The van der Waals surface area contributed by atoms with E-state index in [2.05, 4.69) is 48.8 Å². The van der Waals surface area contributed by atoms with Crippen molar-refractivity contribution in [1.82, 2.24) is 0 Å². The third-order valence-corrected chi connectivity index (χ3v) is 2.24. The first-order valence-corrected chi connectivity index (χ1v) is 4.14. The summed E-state index contributed by atoms with van der Waals surface area (Å²) in [6.07, 6.45) is 4.23. The van der Waals surface area contributed by atoms with Crippen molar-refractivity contribution in [3.8, 4) is 0 Å². The van der Waals surface area contributed by atoms with Crippen LogP contribution in [0.4, 0.5) is 0 Å². The molecule has 0 aliphatic heterocycles. The second kappa shape index (κ2) is 2.59. The molecule has 12 heavy (non-hydrogen) atoms. The lowest BCUT2D eigenvalue weighted by Crippen LogP contribution is -2.20. The third kappa shape index (κ3) is 1.07. The van der Waals surface area contributed by atoms with Gasteiger partial charge in [0.05, 0.1) is 0 Å². The van der Waals surface area contributed by atoms with Crippen LogP contribution in [-0.2, 0) is 0 Å². The molecule has 0 amide bonds. The molecule has 0 fully saturated rings. The van der Waals surface area contributed by atoms with Gasteiger partial charge >= 0.3 is 0 Å². The van der Waals surface area contributed by atoms with Crippen molar-refractivity contribution < 1.29 is 4.40 Å². The van der Waals surface area contributed by atoms with Crippen LogP contribution in [0.1, 0.15) is 11.1 Å². The van der Waals surface area contributed by atoms with Gasteiger partial charge in [-0.3, -0.25) is 0 Å². The van der Waals surface area contributed by atoms with Crippen molar-refractivity contribution in [3.63, 3.8) is 0 Å². The highest BCUT2D eigenvalue weighted by Gasteiger charge is 2.02. The Morgan fingerprint density at radius 3 is 2.75 bits per heavy atom. The Morgan fingerprint density at radius 1 is 1.08 bits per heavy atom. The number of hydrogen-bond acceptors (Lipinski definition) is 0. The smallest absolute Gasteiger partial charge is 0.167 e. The molecule has 2 rings (SSSR count). The summed E-state index contributed by atoms with van der Waals surface area (Å²) in [5, 5.41) is 0. The predicted octanol–water partition coefficient (Wildman–Crippen LogP) is 2.04. The largest absolute Gasteiger partial charge is 0.210 e. The molecule has 1 heteroatoms. The number of pyridine rings is 2. The molecule has 2 aromatic rings. The van der Waals surface area contributed by atoms with E-state index in [1.807, 2.05) is 6.07 Å². The standard InChI is InChI=1S/C11H12N/c1-9-7-11-5-3-4-6-12(11)8-10(9)2/h3-8H,1-2H3/q+1.